The minimum atomic E-state index is -2.38. The van der Waals surface area contributed by atoms with E-state index in [-0.39, 0.29) is 11.7 Å². The van der Waals surface area contributed by atoms with Crippen LogP contribution in [0.4, 0.5) is 8.78 Å². The van der Waals surface area contributed by atoms with E-state index in [1.54, 1.807) is 6.07 Å². The van der Waals surface area contributed by atoms with E-state index in [1.165, 1.54) is 0 Å². The summed E-state index contributed by atoms with van der Waals surface area (Å²) < 4.78 is 29.9. The minimum absolute atomic E-state index is 0.179. The molecule has 26 heavy (non-hydrogen) atoms. The molecule has 140 valence electrons. The lowest BCUT2D eigenvalue weighted by molar-refractivity contribution is -0.128. The van der Waals surface area contributed by atoms with Crippen LogP contribution in [0.25, 0.3) is 0 Å². The Morgan fingerprint density at radius 1 is 1.08 bits per heavy atom. The first kappa shape index (κ1) is 18.9. The molecule has 0 spiro atoms. The third-order valence-corrected chi connectivity index (χ3v) is 4.97. The summed E-state index contributed by atoms with van der Waals surface area (Å²) >= 11 is 0.559. The first-order valence-corrected chi connectivity index (χ1v) is 9.68. The van der Waals surface area contributed by atoms with Gasteiger partial charge in [-0.1, -0.05) is 36.0 Å². The number of halogens is 2. The molecule has 1 fully saturated rings. The maximum Gasteiger partial charge on any atom is 0.284 e. The van der Waals surface area contributed by atoms with Crippen LogP contribution in [0.5, 0.6) is 0 Å². The Kier molecular flexibility index (Phi) is 6.68. The maximum atomic E-state index is 12.2. The Hall–Kier alpha value is -1.86. The predicted octanol–water partition coefficient (Wildman–Crippen LogP) is 4.15. The van der Waals surface area contributed by atoms with Gasteiger partial charge in [0.25, 0.3) is 5.76 Å². The number of thioether (sulfide) groups is 1. The van der Waals surface area contributed by atoms with Crippen LogP contribution in [-0.4, -0.2) is 23.1 Å². The van der Waals surface area contributed by atoms with Crippen molar-refractivity contribution in [1.29, 1.82) is 0 Å². The molecule has 1 aliphatic heterocycles. The molecule has 4 nitrogen and oxygen atoms in total. The van der Waals surface area contributed by atoms with Crippen molar-refractivity contribution in [3.05, 3.63) is 59.0 Å². The topological polar surface area (TPSA) is 45.5 Å². The molecule has 0 atom stereocenters. The zero-order chi connectivity index (χ0) is 18.4. The molecule has 2 aromatic rings. The Bertz CT molecular complexity index is 719. The molecule has 1 aromatic carbocycles. The number of alkyl halides is 2. The van der Waals surface area contributed by atoms with Gasteiger partial charge >= 0.3 is 0 Å². The van der Waals surface area contributed by atoms with Crippen LogP contribution in [0.2, 0.25) is 0 Å². The zero-order valence-electron chi connectivity index (χ0n) is 14.4. The average molecular weight is 380 g/mol. The maximum absolute atomic E-state index is 12.2. The normalized spacial score (nSPS) is 14.6. The number of nitrogens with one attached hydrogen (secondary N) is 1. The predicted molar refractivity (Wildman–Crippen MR) is 97.6 cm³/mol. The summed E-state index contributed by atoms with van der Waals surface area (Å²) in [7, 11) is 0. The average Bonchev–Trinajstić information content (AvgIpc) is 3.24. The lowest BCUT2D eigenvalue weighted by atomic mass is 10.1. The van der Waals surface area contributed by atoms with Crippen LogP contribution in [0.3, 0.4) is 0 Å². The van der Waals surface area contributed by atoms with Crippen LogP contribution in [0, 0.1) is 0 Å². The van der Waals surface area contributed by atoms with Crippen LogP contribution < -0.4 is 5.32 Å². The Labute approximate surface area is 155 Å². The highest BCUT2D eigenvalue weighted by atomic mass is 32.2. The Morgan fingerprint density at radius 2 is 1.81 bits per heavy atom. The zero-order valence-corrected chi connectivity index (χ0v) is 15.2. The molecule has 3 rings (SSSR count). The van der Waals surface area contributed by atoms with Gasteiger partial charge in [-0.3, -0.25) is 4.79 Å². The standard InChI is InChI=1S/C19H22F2N2O2S/c20-19(21)26-13-17-8-7-16(25-17)11-22-10-14-3-5-15(6-4-14)12-23-9-1-2-18(23)24/h3-8,19,22H,1-2,9-13H2. The molecule has 0 unspecified atom stereocenters. The molecule has 1 aliphatic rings. The summed E-state index contributed by atoms with van der Waals surface area (Å²) in [6, 6.07) is 11.8. The van der Waals surface area contributed by atoms with Gasteiger partial charge in [-0.2, -0.15) is 8.78 Å². The lowest BCUT2D eigenvalue weighted by Crippen LogP contribution is -2.23. The molecule has 7 heteroatoms. The number of hydrogen-bond donors (Lipinski definition) is 1. The SMILES string of the molecule is O=C1CCCN1Cc1ccc(CNCc2ccc(CSC(F)F)o2)cc1. The third kappa shape index (κ3) is 5.57. The van der Waals surface area contributed by atoms with Crippen molar-refractivity contribution in [3.8, 4) is 0 Å². The van der Waals surface area contributed by atoms with Gasteiger partial charge in [0.1, 0.15) is 11.5 Å². The number of rotatable bonds is 9. The second-order valence-electron chi connectivity index (χ2n) is 6.28. The van der Waals surface area contributed by atoms with Gasteiger partial charge in [0.2, 0.25) is 5.91 Å². The largest absolute Gasteiger partial charge is 0.464 e. The van der Waals surface area contributed by atoms with Gasteiger partial charge in [-0.05, 0) is 29.7 Å². The highest BCUT2D eigenvalue weighted by molar-refractivity contribution is 7.98. The highest BCUT2D eigenvalue weighted by Crippen LogP contribution is 2.21. The molecule has 1 N–H and O–H groups in total. The van der Waals surface area contributed by atoms with Gasteiger partial charge in [0.05, 0.1) is 12.3 Å². The van der Waals surface area contributed by atoms with Gasteiger partial charge in [-0.15, -0.1) is 0 Å². The van der Waals surface area contributed by atoms with Gasteiger partial charge in [0, 0.05) is 26.1 Å². The molecule has 2 heterocycles. The van der Waals surface area contributed by atoms with E-state index in [9.17, 15) is 13.6 Å². The number of carbonyl (C=O) groups is 1. The number of hydrogen-bond acceptors (Lipinski definition) is 4. The molecule has 1 aromatic heterocycles. The summed E-state index contributed by atoms with van der Waals surface area (Å²) in [6.45, 7) is 2.76. The van der Waals surface area contributed by atoms with E-state index in [0.717, 1.165) is 29.9 Å². The van der Waals surface area contributed by atoms with E-state index < -0.39 is 5.76 Å². The fourth-order valence-electron chi connectivity index (χ4n) is 2.92. The van der Waals surface area contributed by atoms with Crippen molar-refractivity contribution < 1.29 is 18.0 Å². The lowest BCUT2D eigenvalue weighted by Gasteiger charge is -2.15. The van der Waals surface area contributed by atoms with E-state index in [1.807, 2.05) is 11.0 Å². The third-order valence-electron chi connectivity index (χ3n) is 4.27. The van der Waals surface area contributed by atoms with Crippen LogP contribution in [0.1, 0.15) is 35.5 Å². The number of amides is 1. The fraction of sp³-hybridized carbons (Fsp3) is 0.421. The van der Waals surface area contributed by atoms with Crippen molar-refractivity contribution in [2.24, 2.45) is 0 Å². The number of likely N-dealkylation sites (tertiary alicyclic amines) is 1. The first-order chi connectivity index (χ1) is 12.6. The van der Waals surface area contributed by atoms with Crippen LogP contribution >= 0.6 is 11.8 Å². The second-order valence-corrected chi connectivity index (χ2v) is 7.26. The summed E-state index contributed by atoms with van der Waals surface area (Å²) in [5.41, 5.74) is 2.28. The summed E-state index contributed by atoms with van der Waals surface area (Å²) in [5, 5.41) is 3.28. The van der Waals surface area contributed by atoms with Crippen molar-refractivity contribution in [2.75, 3.05) is 6.54 Å². The number of furan rings is 1. The molecule has 0 radical (unpaired) electrons. The molecule has 0 saturated carbocycles. The van der Waals surface area contributed by atoms with E-state index >= 15 is 0 Å². The van der Waals surface area contributed by atoms with Gasteiger partial charge in [-0.25, -0.2) is 0 Å². The molecule has 1 saturated heterocycles. The summed E-state index contributed by atoms with van der Waals surface area (Å²) in [4.78, 5) is 13.6. The first-order valence-electron chi connectivity index (χ1n) is 8.64. The van der Waals surface area contributed by atoms with Gasteiger partial charge in [0.15, 0.2) is 0 Å². The summed E-state index contributed by atoms with van der Waals surface area (Å²) in [6.07, 6.45) is 1.62. The van der Waals surface area contributed by atoms with E-state index in [4.69, 9.17) is 4.42 Å². The van der Waals surface area contributed by atoms with E-state index in [2.05, 4.69) is 29.6 Å². The van der Waals surface area contributed by atoms with Crippen molar-refractivity contribution in [1.82, 2.24) is 10.2 Å². The second kappa shape index (κ2) is 9.19. The Balaban J connectivity index is 1.41. The van der Waals surface area contributed by atoms with E-state index in [0.29, 0.717) is 43.6 Å². The number of benzene rings is 1. The van der Waals surface area contributed by atoms with Crippen LogP contribution in [-0.2, 0) is 30.2 Å². The van der Waals surface area contributed by atoms with Crippen LogP contribution in [0.15, 0.2) is 40.8 Å². The van der Waals surface area contributed by atoms with Gasteiger partial charge < -0.3 is 14.6 Å². The molecular weight excluding hydrogens is 358 g/mol. The van der Waals surface area contributed by atoms with Crippen molar-refractivity contribution in [3.63, 3.8) is 0 Å². The fourth-order valence-corrected chi connectivity index (χ4v) is 3.37. The minimum Gasteiger partial charge on any atom is -0.464 e. The highest BCUT2D eigenvalue weighted by Gasteiger charge is 2.19. The van der Waals surface area contributed by atoms with Crippen molar-refractivity contribution in [2.45, 2.75) is 44.0 Å². The quantitative estimate of drug-likeness (QED) is 0.710. The molecule has 1 amide bonds. The molecular formula is C19H22F2N2O2S. The molecule has 0 bridgehead atoms. The Morgan fingerprint density at radius 3 is 2.50 bits per heavy atom. The smallest absolute Gasteiger partial charge is 0.284 e. The number of carbonyl (C=O) groups excluding carboxylic acids is 1. The molecule has 0 aliphatic carbocycles. The number of nitrogens with zero attached hydrogens (tertiary/aromatic N) is 1. The summed E-state index contributed by atoms with van der Waals surface area (Å²) in [5.74, 6) is -0.667. The van der Waals surface area contributed by atoms with Crippen molar-refractivity contribution >= 4 is 17.7 Å². The monoisotopic (exact) mass is 380 g/mol.